The molecule has 2 fully saturated rings. The van der Waals surface area contributed by atoms with Gasteiger partial charge in [-0.05, 0) is 18.9 Å². The maximum absolute atomic E-state index is 5.84. The minimum absolute atomic E-state index is 0.449. The fraction of sp³-hybridized carbons (Fsp3) is 0.786. The summed E-state index contributed by atoms with van der Waals surface area (Å²) in [7, 11) is 0. The Kier molecular flexibility index (Phi) is 4.15. The quantitative estimate of drug-likeness (QED) is 0.841. The average Bonchev–Trinajstić information content (AvgIpc) is 3.09. The maximum Gasteiger partial charge on any atom is 0.0765 e. The van der Waals surface area contributed by atoms with E-state index in [0.29, 0.717) is 12.1 Å². The van der Waals surface area contributed by atoms with Gasteiger partial charge in [0.05, 0.1) is 11.7 Å². The van der Waals surface area contributed by atoms with E-state index in [1.807, 2.05) is 0 Å². The van der Waals surface area contributed by atoms with Gasteiger partial charge in [0.2, 0.25) is 0 Å². The molecule has 1 aliphatic carbocycles. The van der Waals surface area contributed by atoms with Crippen LogP contribution < -0.4 is 11.1 Å². The first kappa shape index (κ1) is 13.1. The predicted octanol–water partition coefficient (Wildman–Crippen LogP) is 0.731. The Morgan fingerprint density at radius 3 is 3.00 bits per heavy atom. The fourth-order valence-electron chi connectivity index (χ4n) is 3.29. The second kappa shape index (κ2) is 6.03. The van der Waals surface area contributed by atoms with Crippen molar-refractivity contribution in [3.8, 4) is 0 Å². The molecule has 0 amide bonds. The molecule has 2 heterocycles. The predicted molar refractivity (Wildman–Crippen MR) is 75.9 cm³/mol. The van der Waals surface area contributed by atoms with E-state index in [0.717, 1.165) is 32.7 Å². The lowest BCUT2D eigenvalue weighted by atomic mass is 10.2. The monoisotopic (exact) mass is 263 g/mol. The molecule has 0 radical (unpaired) electrons. The molecule has 0 bridgehead atoms. The molecular formula is C14H25N5. The van der Waals surface area contributed by atoms with Gasteiger partial charge in [-0.3, -0.25) is 9.58 Å². The summed E-state index contributed by atoms with van der Waals surface area (Å²) < 4.78 is 2.18. The normalized spacial score (nSPS) is 26.1. The highest BCUT2D eigenvalue weighted by atomic mass is 15.3. The van der Waals surface area contributed by atoms with Crippen molar-refractivity contribution in [2.75, 3.05) is 26.2 Å². The third kappa shape index (κ3) is 2.99. The first-order valence-corrected chi connectivity index (χ1v) is 7.55. The highest BCUT2D eigenvalue weighted by Crippen LogP contribution is 2.28. The molecule has 3 rings (SSSR count). The van der Waals surface area contributed by atoms with Crippen molar-refractivity contribution in [3.05, 3.63) is 18.0 Å². The second-order valence-corrected chi connectivity index (χ2v) is 5.79. The van der Waals surface area contributed by atoms with Gasteiger partial charge in [0, 0.05) is 45.0 Å². The minimum atomic E-state index is 0.449. The summed E-state index contributed by atoms with van der Waals surface area (Å²) in [6, 6.07) is 3.26. The van der Waals surface area contributed by atoms with Crippen LogP contribution in [0.2, 0.25) is 0 Å². The summed E-state index contributed by atoms with van der Waals surface area (Å²) >= 11 is 0. The Hall–Kier alpha value is -0.910. The number of hydrogen-bond donors (Lipinski definition) is 2. The Labute approximate surface area is 115 Å². The van der Waals surface area contributed by atoms with Gasteiger partial charge < -0.3 is 11.1 Å². The smallest absolute Gasteiger partial charge is 0.0765 e. The first-order valence-electron chi connectivity index (χ1n) is 7.55. The standard InChI is InChI=1S/C14H25N5/c15-9-14-10-16-6-8-18(14)11-12-5-7-19(17-12)13-3-1-2-4-13/h5,7,13-14,16H,1-4,6,8-11,15H2. The van der Waals surface area contributed by atoms with Crippen LogP contribution in [-0.2, 0) is 6.54 Å². The summed E-state index contributed by atoms with van der Waals surface area (Å²) in [4.78, 5) is 2.46. The van der Waals surface area contributed by atoms with E-state index in [-0.39, 0.29) is 0 Å². The van der Waals surface area contributed by atoms with Crippen molar-refractivity contribution in [2.45, 2.75) is 44.3 Å². The summed E-state index contributed by atoms with van der Waals surface area (Å²) in [6.45, 7) is 4.78. The third-order valence-electron chi connectivity index (χ3n) is 4.47. The van der Waals surface area contributed by atoms with Crippen molar-refractivity contribution in [3.63, 3.8) is 0 Å². The van der Waals surface area contributed by atoms with Crippen LogP contribution in [0.5, 0.6) is 0 Å². The summed E-state index contributed by atoms with van der Waals surface area (Å²) in [5.41, 5.74) is 7.03. The lowest BCUT2D eigenvalue weighted by molar-refractivity contribution is 0.155. The van der Waals surface area contributed by atoms with Crippen LogP contribution in [-0.4, -0.2) is 46.9 Å². The van der Waals surface area contributed by atoms with Crippen molar-refractivity contribution in [1.82, 2.24) is 20.0 Å². The average molecular weight is 263 g/mol. The van der Waals surface area contributed by atoms with Crippen molar-refractivity contribution >= 4 is 0 Å². The molecule has 1 aromatic rings. The molecule has 2 aliphatic rings. The van der Waals surface area contributed by atoms with Gasteiger partial charge in [-0.15, -0.1) is 0 Å². The van der Waals surface area contributed by atoms with E-state index in [4.69, 9.17) is 10.8 Å². The number of nitrogens with zero attached hydrogens (tertiary/aromatic N) is 3. The molecule has 1 saturated heterocycles. The van der Waals surface area contributed by atoms with Crippen LogP contribution in [0.25, 0.3) is 0 Å². The van der Waals surface area contributed by atoms with Gasteiger partial charge in [0.15, 0.2) is 0 Å². The zero-order valence-corrected chi connectivity index (χ0v) is 11.6. The Morgan fingerprint density at radius 1 is 1.37 bits per heavy atom. The number of rotatable bonds is 4. The Morgan fingerprint density at radius 2 is 2.21 bits per heavy atom. The third-order valence-corrected chi connectivity index (χ3v) is 4.47. The molecule has 0 spiro atoms. The topological polar surface area (TPSA) is 59.1 Å². The van der Waals surface area contributed by atoms with Crippen LogP contribution in [0.4, 0.5) is 0 Å². The van der Waals surface area contributed by atoms with Crippen molar-refractivity contribution in [2.24, 2.45) is 5.73 Å². The van der Waals surface area contributed by atoms with E-state index in [1.54, 1.807) is 0 Å². The molecule has 1 unspecified atom stereocenters. The van der Waals surface area contributed by atoms with Crippen LogP contribution in [0.1, 0.15) is 37.4 Å². The molecule has 0 aromatic carbocycles. The van der Waals surface area contributed by atoms with Crippen molar-refractivity contribution in [1.29, 1.82) is 0 Å². The van der Waals surface area contributed by atoms with Crippen molar-refractivity contribution < 1.29 is 0 Å². The zero-order valence-electron chi connectivity index (χ0n) is 11.6. The lowest BCUT2D eigenvalue weighted by Crippen LogP contribution is -2.53. The van der Waals surface area contributed by atoms with E-state index in [9.17, 15) is 0 Å². The second-order valence-electron chi connectivity index (χ2n) is 5.79. The molecule has 1 aliphatic heterocycles. The molecule has 1 saturated carbocycles. The molecule has 5 heteroatoms. The van der Waals surface area contributed by atoms with Gasteiger partial charge >= 0.3 is 0 Å². The number of nitrogens with one attached hydrogen (secondary N) is 1. The highest BCUT2D eigenvalue weighted by molar-refractivity contribution is 5.01. The molecule has 106 valence electrons. The zero-order chi connectivity index (χ0) is 13.1. The molecule has 5 nitrogen and oxygen atoms in total. The molecule has 3 N–H and O–H groups in total. The highest BCUT2D eigenvalue weighted by Gasteiger charge is 2.22. The van der Waals surface area contributed by atoms with Gasteiger partial charge in [0.1, 0.15) is 0 Å². The lowest BCUT2D eigenvalue weighted by Gasteiger charge is -2.34. The van der Waals surface area contributed by atoms with Gasteiger partial charge in [-0.1, -0.05) is 12.8 Å². The maximum atomic E-state index is 5.84. The number of nitrogens with two attached hydrogens (primary N) is 1. The Balaban J connectivity index is 1.62. The molecule has 1 atom stereocenters. The molecule has 1 aromatic heterocycles. The van der Waals surface area contributed by atoms with Gasteiger partial charge in [-0.2, -0.15) is 5.10 Å². The van der Waals surface area contributed by atoms with E-state index in [2.05, 4.69) is 27.2 Å². The number of piperazine rings is 1. The van der Waals surface area contributed by atoms with Gasteiger partial charge in [0.25, 0.3) is 0 Å². The van der Waals surface area contributed by atoms with E-state index >= 15 is 0 Å². The van der Waals surface area contributed by atoms with Crippen LogP contribution in [0, 0.1) is 0 Å². The summed E-state index contributed by atoms with van der Waals surface area (Å²) in [6.07, 6.45) is 7.45. The fourth-order valence-corrected chi connectivity index (χ4v) is 3.29. The SMILES string of the molecule is NCC1CNCCN1Cc1ccn(C2CCCC2)n1. The summed E-state index contributed by atoms with van der Waals surface area (Å²) in [5, 5.41) is 8.17. The van der Waals surface area contributed by atoms with Crippen LogP contribution in [0.15, 0.2) is 12.3 Å². The molecule has 19 heavy (non-hydrogen) atoms. The van der Waals surface area contributed by atoms with Crippen LogP contribution >= 0.6 is 0 Å². The van der Waals surface area contributed by atoms with E-state index < -0.39 is 0 Å². The Bertz CT molecular complexity index is 396. The molecular weight excluding hydrogens is 238 g/mol. The number of hydrogen-bond acceptors (Lipinski definition) is 4. The number of aromatic nitrogens is 2. The summed E-state index contributed by atoms with van der Waals surface area (Å²) in [5.74, 6) is 0. The van der Waals surface area contributed by atoms with Gasteiger partial charge in [-0.25, -0.2) is 0 Å². The largest absolute Gasteiger partial charge is 0.329 e. The first-order chi connectivity index (χ1) is 9.36. The minimum Gasteiger partial charge on any atom is -0.329 e. The van der Waals surface area contributed by atoms with E-state index in [1.165, 1.54) is 31.4 Å². The van der Waals surface area contributed by atoms with Crippen LogP contribution in [0.3, 0.4) is 0 Å².